The van der Waals surface area contributed by atoms with E-state index in [0.717, 1.165) is 30.1 Å². The Morgan fingerprint density at radius 2 is 1.84 bits per heavy atom. The Morgan fingerprint density at radius 1 is 1.21 bits per heavy atom. The fourth-order valence-electron chi connectivity index (χ4n) is 5.55. The molecule has 1 heterocycles. The van der Waals surface area contributed by atoms with Crippen LogP contribution in [0.2, 0.25) is 0 Å². The smallest absolute Gasteiger partial charge is 0.0615 e. The molecule has 1 aromatic heterocycles. The molecule has 0 spiro atoms. The minimum Gasteiger partial charge on any atom is -0.392 e. The molecule has 3 heteroatoms. The van der Waals surface area contributed by atoms with Crippen LogP contribution in [0.1, 0.15) is 37.7 Å². The average Bonchev–Trinajstić information content (AvgIpc) is 2.73. The lowest BCUT2D eigenvalue weighted by atomic mass is 9.50. The summed E-state index contributed by atoms with van der Waals surface area (Å²) in [5.41, 5.74) is 1.18. The number of aliphatic hydroxyl groups is 1. The molecule has 4 aliphatic carbocycles. The van der Waals surface area contributed by atoms with Gasteiger partial charge in [0.25, 0.3) is 0 Å². The van der Waals surface area contributed by atoms with E-state index in [1.165, 1.54) is 37.7 Å². The van der Waals surface area contributed by atoms with Crippen LogP contribution in [0.15, 0.2) is 12.4 Å². The van der Waals surface area contributed by atoms with Gasteiger partial charge in [0.15, 0.2) is 0 Å². The van der Waals surface area contributed by atoms with Crippen LogP contribution in [0.3, 0.4) is 0 Å². The molecular weight excluding hydrogens is 236 g/mol. The first-order chi connectivity index (χ1) is 9.19. The molecule has 4 aliphatic rings. The average molecular weight is 260 g/mol. The summed E-state index contributed by atoms with van der Waals surface area (Å²) in [5, 5.41) is 14.9. The molecule has 3 nitrogen and oxygen atoms in total. The first-order valence-corrected chi connectivity index (χ1v) is 7.84. The summed E-state index contributed by atoms with van der Waals surface area (Å²) in [7, 11) is 1.94. The first-order valence-electron chi connectivity index (χ1n) is 7.84. The van der Waals surface area contributed by atoms with Gasteiger partial charge < -0.3 is 5.11 Å². The van der Waals surface area contributed by atoms with Crippen molar-refractivity contribution in [2.24, 2.45) is 36.6 Å². The van der Waals surface area contributed by atoms with Crippen molar-refractivity contribution in [3.63, 3.8) is 0 Å². The monoisotopic (exact) mass is 260 g/mol. The number of rotatable bonds is 3. The first kappa shape index (κ1) is 12.0. The predicted octanol–water partition coefficient (Wildman–Crippen LogP) is 2.40. The zero-order valence-corrected chi connectivity index (χ0v) is 11.7. The zero-order chi connectivity index (χ0) is 13.0. The third kappa shape index (κ3) is 2.03. The van der Waals surface area contributed by atoms with Crippen molar-refractivity contribution >= 4 is 0 Å². The quantitative estimate of drug-likeness (QED) is 0.906. The van der Waals surface area contributed by atoms with Gasteiger partial charge in [0.1, 0.15) is 0 Å². The Labute approximate surface area is 115 Å². The highest BCUT2D eigenvalue weighted by molar-refractivity contribution is 5.08. The molecule has 0 amide bonds. The second-order valence-corrected chi connectivity index (χ2v) is 7.30. The molecule has 1 aromatic rings. The van der Waals surface area contributed by atoms with Gasteiger partial charge in [-0.05, 0) is 67.3 Å². The summed E-state index contributed by atoms with van der Waals surface area (Å²) in [6.45, 7) is 0. The van der Waals surface area contributed by atoms with E-state index in [1.54, 1.807) is 0 Å². The highest BCUT2D eigenvalue weighted by Gasteiger charge is 2.50. The molecule has 4 bridgehead atoms. The van der Waals surface area contributed by atoms with E-state index in [0.29, 0.717) is 5.92 Å². The SMILES string of the molecule is Cn1cc(CC(O)C2C3CC4CC(C3)CC2C4)cn1. The maximum atomic E-state index is 10.7. The van der Waals surface area contributed by atoms with Crippen LogP contribution >= 0.6 is 0 Å². The molecule has 0 saturated heterocycles. The largest absolute Gasteiger partial charge is 0.392 e. The van der Waals surface area contributed by atoms with Crippen molar-refractivity contribution < 1.29 is 5.11 Å². The standard InChI is InChI=1S/C16H24N2O/c1-18-9-12(8-17-18)7-15(19)16-13-3-10-2-11(5-13)6-14(16)4-10/h8-11,13-16,19H,2-7H2,1H3. The summed E-state index contributed by atoms with van der Waals surface area (Å²) in [4.78, 5) is 0. The van der Waals surface area contributed by atoms with Gasteiger partial charge >= 0.3 is 0 Å². The van der Waals surface area contributed by atoms with Crippen LogP contribution in [0.4, 0.5) is 0 Å². The summed E-state index contributed by atoms with van der Waals surface area (Å²) >= 11 is 0. The third-order valence-corrected chi connectivity index (χ3v) is 5.95. The zero-order valence-electron chi connectivity index (χ0n) is 11.7. The molecule has 5 rings (SSSR count). The van der Waals surface area contributed by atoms with Gasteiger partial charge in [-0.2, -0.15) is 5.10 Å². The maximum Gasteiger partial charge on any atom is 0.0615 e. The van der Waals surface area contributed by atoms with E-state index >= 15 is 0 Å². The Kier molecular flexibility index (Phi) is 2.73. The fourth-order valence-corrected chi connectivity index (χ4v) is 5.55. The molecule has 4 saturated carbocycles. The number of aliphatic hydroxyl groups excluding tert-OH is 1. The molecule has 104 valence electrons. The van der Waals surface area contributed by atoms with Gasteiger partial charge in [-0.1, -0.05) is 0 Å². The molecule has 0 aliphatic heterocycles. The van der Waals surface area contributed by atoms with Crippen LogP contribution in [-0.4, -0.2) is 21.0 Å². The van der Waals surface area contributed by atoms with Crippen LogP contribution < -0.4 is 0 Å². The van der Waals surface area contributed by atoms with Crippen molar-refractivity contribution in [3.05, 3.63) is 18.0 Å². The maximum absolute atomic E-state index is 10.7. The molecule has 19 heavy (non-hydrogen) atoms. The molecule has 0 aromatic carbocycles. The van der Waals surface area contributed by atoms with Gasteiger partial charge in [-0.15, -0.1) is 0 Å². The minimum absolute atomic E-state index is 0.154. The van der Waals surface area contributed by atoms with Crippen LogP contribution in [-0.2, 0) is 13.5 Å². The normalized spacial score (nSPS) is 41.7. The lowest BCUT2D eigenvalue weighted by Crippen LogP contribution is -2.49. The third-order valence-electron chi connectivity index (χ3n) is 5.95. The van der Waals surface area contributed by atoms with Gasteiger partial charge in [0.05, 0.1) is 12.3 Å². The summed E-state index contributed by atoms with van der Waals surface area (Å²) in [6, 6.07) is 0. The fraction of sp³-hybridized carbons (Fsp3) is 0.812. The van der Waals surface area contributed by atoms with E-state index in [4.69, 9.17) is 0 Å². The summed E-state index contributed by atoms with van der Waals surface area (Å²) in [6.07, 6.45) is 11.6. The van der Waals surface area contributed by atoms with Crippen molar-refractivity contribution in [2.45, 2.75) is 44.6 Å². The van der Waals surface area contributed by atoms with Crippen LogP contribution in [0.5, 0.6) is 0 Å². The van der Waals surface area contributed by atoms with Crippen molar-refractivity contribution in [1.82, 2.24) is 9.78 Å². The summed E-state index contributed by atoms with van der Waals surface area (Å²) in [5.74, 6) is 4.16. The summed E-state index contributed by atoms with van der Waals surface area (Å²) < 4.78 is 1.83. The van der Waals surface area contributed by atoms with Gasteiger partial charge in [-0.25, -0.2) is 0 Å². The van der Waals surface area contributed by atoms with E-state index in [1.807, 2.05) is 24.1 Å². The van der Waals surface area contributed by atoms with Gasteiger partial charge in [0, 0.05) is 19.7 Å². The van der Waals surface area contributed by atoms with E-state index in [2.05, 4.69) is 5.10 Å². The number of aryl methyl sites for hydroxylation is 1. The molecular formula is C16H24N2O. The Balaban J connectivity index is 1.49. The van der Waals surface area contributed by atoms with E-state index in [-0.39, 0.29) is 6.10 Å². The lowest BCUT2D eigenvalue weighted by Gasteiger charge is -2.55. The van der Waals surface area contributed by atoms with Crippen LogP contribution in [0.25, 0.3) is 0 Å². The highest BCUT2D eigenvalue weighted by atomic mass is 16.3. The Hall–Kier alpha value is -0.830. The van der Waals surface area contributed by atoms with Crippen LogP contribution in [0, 0.1) is 29.6 Å². The highest BCUT2D eigenvalue weighted by Crippen LogP contribution is 2.57. The van der Waals surface area contributed by atoms with Gasteiger partial charge in [-0.3, -0.25) is 4.68 Å². The second kappa shape index (κ2) is 4.34. The Morgan fingerprint density at radius 3 is 2.37 bits per heavy atom. The number of aromatic nitrogens is 2. The van der Waals surface area contributed by atoms with Gasteiger partial charge in [0.2, 0.25) is 0 Å². The van der Waals surface area contributed by atoms with Crippen molar-refractivity contribution in [3.8, 4) is 0 Å². The minimum atomic E-state index is -0.154. The topological polar surface area (TPSA) is 38.0 Å². The molecule has 4 fully saturated rings. The van der Waals surface area contributed by atoms with Crippen molar-refractivity contribution in [2.75, 3.05) is 0 Å². The number of hydrogen-bond donors (Lipinski definition) is 1. The van der Waals surface area contributed by atoms with E-state index in [9.17, 15) is 5.11 Å². The second-order valence-electron chi connectivity index (χ2n) is 7.30. The number of hydrogen-bond acceptors (Lipinski definition) is 2. The molecule has 1 N–H and O–H groups in total. The number of nitrogens with zero attached hydrogens (tertiary/aromatic N) is 2. The van der Waals surface area contributed by atoms with E-state index < -0.39 is 0 Å². The van der Waals surface area contributed by atoms with Crippen molar-refractivity contribution in [1.29, 1.82) is 0 Å². The molecule has 0 radical (unpaired) electrons. The molecule has 1 unspecified atom stereocenters. The Bertz CT molecular complexity index is 439. The lowest BCUT2D eigenvalue weighted by molar-refractivity contribution is -0.0887. The molecule has 1 atom stereocenters. The predicted molar refractivity (Wildman–Crippen MR) is 73.5 cm³/mol.